The normalized spacial score (nSPS) is 20.8. The number of hydrogen-bond acceptors (Lipinski definition) is 8. The number of allylic oxidation sites excluding steroid dienone is 1. The van der Waals surface area contributed by atoms with Gasteiger partial charge in [0.2, 0.25) is 5.82 Å². The molecule has 1 aliphatic heterocycles. The van der Waals surface area contributed by atoms with Crippen LogP contribution in [0.1, 0.15) is 47.0 Å². The van der Waals surface area contributed by atoms with Crippen molar-refractivity contribution in [3.8, 4) is 11.6 Å². The molecule has 31 heavy (non-hydrogen) atoms. The van der Waals surface area contributed by atoms with E-state index >= 15 is 0 Å². The topological polar surface area (TPSA) is 81.7 Å². The highest BCUT2D eigenvalue weighted by molar-refractivity contribution is 7.99. The lowest BCUT2D eigenvalue weighted by molar-refractivity contribution is 0.413. The number of thioether (sulfide) groups is 1. The van der Waals surface area contributed by atoms with Gasteiger partial charge in [0.15, 0.2) is 17.3 Å². The van der Waals surface area contributed by atoms with Crippen molar-refractivity contribution in [2.75, 3.05) is 12.3 Å². The summed E-state index contributed by atoms with van der Waals surface area (Å²) in [6.45, 7) is 5.01. The molecule has 0 saturated heterocycles. The maximum Gasteiger partial charge on any atom is 0.202 e. The number of thiazole rings is 1. The van der Waals surface area contributed by atoms with Crippen molar-refractivity contribution in [2.24, 2.45) is 13.0 Å². The van der Waals surface area contributed by atoms with Crippen molar-refractivity contribution in [1.29, 1.82) is 0 Å². The lowest BCUT2D eigenvalue weighted by atomic mass is 9.82. The maximum atomic E-state index is 5.47. The van der Waals surface area contributed by atoms with E-state index in [0.717, 1.165) is 41.8 Å². The highest BCUT2D eigenvalue weighted by atomic mass is 32.2. The van der Waals surface area contributed by atoms with Crippen LogP contribution in [0.15, 0.2) is 22.0 Å². The van der Waals surface area contributed by atoms with Gasteiger partial charge in [-0.2, -0.15) is 0 Å². The molecule has 0 bridgehead atoms. The molecule has 0 saturated carbocycles. The molecule has 0 radical (unpaired) electrons. The molecule has 0 aromatic carbocycles. The predicted octanol–water partition coefficient (Wildman–Crippen LogP) is 4.42. The first kappa shape index (κ1) is 20.9. The van der Waals surface area contributed by atoms with E-state index in [1.807, 2.05) is 29.9 Å². The number of aryl methyl sites for hydroxylation is 3. The molecule has 1 aliphatic carbocycles. The standard InChI is InChI=1S/C22H28N6OS2/c1-13-19(29-12-24-13)21-26-27-22(28(21)3)30-10-4-5-16-11-15-6-7-18-20(31-14(2)25-18)17(15)8-9-23-16/h8,12,15-16,23H,4-7,9-11H2,1-3H3. The zero-order chi connectivity index (χ0) is 21.4. The van der Waals surface area contributed by atoms with Gasteiger partial charge in [-0.3, -0.25) is 0 Å². The van der Waals surface area contributed by atoms with Crippen molar-refractivity contribution >= 4 is 28.7 Å². The van der Waals surface area contributed by atoms with Crippen molar-refractivity contribution < 1.29 is 4.42 Å². The van der Waals surface area contributed by atoms with Gasteiger partial charge in [0.05, 0.1) is 21.3 Å². The zero-order valence-corrected chi connectivity index (χ0v) is 19.9. The minimum absolute atomic E-state index is 0.571. The molecule has 3 aromatic heterocycles. The van der Waals surface area contributed by atoms with Gasteiger partial charge in [-0.25, -0.2) is 9.97 Å². The van der Waals surface area contributed by atoms with Crippen LogP contribution >= 0.6 is 23.1 Å². The number of oxazole rings is 1. The second kappa shape index (κ2) is 8.88. The van der Waals surface area contributed by atoms with Crippen LogP contribution in [-0.4, -0.2) is 43.1 Å². The van der Waals surface area contributed by atoms with Crippen LogP contribution in [0.25, 0.3) is 17.2 Å². The Morgan fingerprint density at radius 2 is 2.23 bits per heavy atom. The van der Waals surface area contributed by atoms with Gasteiger partial charge in [0, 0.05) is 25.4 Å². The van der Waals surface area contributed by atoms with Crippen LogP contribution in [0.4, 0.5) is 0 Å². The van der Waals surface area contributed by atoms with Gasteiger partial charge >= 0.3 is 0 Å². The van der Waals surface area contributed by atoms with Crippen LogP contribution in [0.3, 0.4) is 0 Å². The van der Waals surface area contributed by atoms with E-state index in [1.54, 1.807) is 17.3 Å². The van der Waals surface area contributed by atoms with Gasteiger partial charge in [0.25, 0.3) is 0 Å². The Labute approximate surface area is 190 Å². The van der Waals surface area contributed by atoms with E-state index in [2.05, 4.69) is 33.5 Å². The van der Waals surface area contributed by atoms with Gasteiger partial charge in [-0.1, -0.05) is 17.8 Å². The Bertz CT molecular complexity index is 1100. The fourth-order valence-electron chi connectivity index (χ4n) is 4.65. The quantitative estimate of drug-likeness (QED) is 0.434. The summed E-state index contributed by atoms with van der Waals surface area (Å²) >= 11 is 3.63. The largest absolute Gasteiger partial charge is 0.440 e. The molecule has 7 nitrogen and oxygen atoms in total. The van der Waals surface area contributed by atoms with Crippen LogP contribution < -0.4 is 5.32 Å². The summed E-state index contributed by atoms with van der Waals surface area (Å²) in [6, 6.07) is 0.571. The summed E-state index contributed by atoms with van der Waals surface area (Å²) in [5.74, 6) is 3.13. The van der Waals surface area contributed by atoms with Crippen LogP contribution in [-0.2, 0) is 13.5 Å². The molecule has 164 valence electrons. The monoisotopic (exact) mass is 456 g/mol. The second-order valence-electron chi connectivity index (χ2n) is 8.37. The molecule has 2 unspecified atom stereocenters. The van der Waals surface area contributed by atoms with E-state index < -0.39 is 0 Å². The number of aromatic nitrogens is 5. The maximum absolute atomic E-state index is 5.47. The van der Waals surface area contributed by atoms with Crippen LogP contribution in [0.2, 0.25) is 0 Å². The third-order valence-electron chi connectivity index (χ3n) is 6.25. The highest BCUT2D eigenvalue weighted by Gasteiger charge is 2.30. The highest BCUT2D eigenvalue weighted by Crippen LogP contribution is 2.42. The van der Waals surface area contributed by atoms with E-state index in [1.165, 1.54) is 41.2 Å². The van der Waals surface area contributed by atoms with Gasteiger partial charge in [0.1, 0.15) is 0 Å². The van der Waals surface area contributed by atoms with Crippen molar-refractivity contribution in [2.45, 2.75) is 57.1 Å². The smallest absolute Gasteiger partial charge is 0.202 e. The fraction of sp³-hybridized carbons (Fsp3) is 0.545. The Kier molecular flexibility index (Phi) is 5.99. The first-order chi connectivity index (χ1) is 15.1. The Hall–Kier alpha value is -1.97. The molecule has 1 N–H and O–H groups in total. The van der Waals surface area contributed by atoms with Crippen molar-refractivity contribution in [3.63, 3.8) is 0 Å². The summed E-state index contributed by atoms with van der Waals surface area (Å²) in [6.07, 6.45) is 9.80. The molecule has 0 fully saturated rings. The molecule has 9 heteroatoms. The average molecular weight is 457 g/mol. The zero-order valence-electron chi connectivity index (χ0n) is 18.2. The van der Waals surface area contributed by atoms with E-state index in [9.17, 15) is 0 Å². The summed E-state index contributed by atoms with van der Waals surface area (Å²) in [5, 5.41) is 14.5. The van der Waals surface area contributed by atoms with Gasteiger partial charge in [-0.15, -0.1) is 21.5 Å². The molecular weight excluding hydrogens is 428 g/mol. The number of nitrogens with zero attached hydrogens (tertiary/aromatic N) is 5. The molecule has 0 spiro atoms. The molecule has 2 aliphatic rings. The van der Waals surface area contributed by atoms with Crippen molar-refractivity contribution in [1.82, 2.24) is 30.0 Å². The Morgan fingerprint density at radius 3 is 3.06 bits per heavy atom. The fourth-order valence-corrected chi connectivity index (χ4v) is 6.61. The first-order valence-electron chi connectivity index (χ1n) is 10.9. The summed E-state index contributed by atoms with van der Waals surface area (Å²) in [5.41, 5.74) is 3.71. The third-order valence-corrected chi connectivity index (χ3v) is 8.41. The van der Waals surface area contributed by atoms with Crippen LogP contribution in [0, 0.1) is 19.8 Å². The average Bonchev–Trinajstić information content (AvgIpc) is 3.40. The summed E-state index contributed by atoms with van der Waals surface area (Å²) in [4.78, 5) is 10.3. The van der Waals surface area contributed by atoms with E-state index in [0.29, 0.717) is 17.7 Å². The van der Waals surface area contributed by atoms with Gasteiger partial charge < -0.3 is 14.3 Å². The molecule has 5 rings (SSSR count). The lowest BCUT2D eigenvalue weighted by Crippen LogP contribution is -2.30. The number of nitrogens with one attached hydrogen (secondary N) is 1. The Balaban J connectivity index is 1.14. The molecule has 3 aromatic rings. The molecule has 4 heterocycles. The number of fused-ring (bicyclic) bond motifs is 3. The minimum atomic E-state index is 0.571. The van der Waals surface area contributed by atoms with Crippen LogP contribution in [0.5, 0.6) is 0 Å². The summed E-state index contributed by atoms with van der Waals surface area (Å²) in [7, 11) is 1.98. The molecule has 2 atom stereocenters. The van der Waals surface area contributed by atoms with E-state index in [-0.39, 0.29) is 0 Å². The first-order valence-corrected chi connectivity index (χ1v) is 12.7. The lowest BCUT2D eigenvalue weighted by Gasteiger charge is -2.26. The SMILES string of the molecule is Cc1nc2c(s1)C1=CCNC(CCCSc3nnc(-c4ocnc4C)n3C)CC1CC2. The summed E-state index contributed by atoms with van der Waals surface area (Å²) < 4.78 is 7.46. The van der Waals surface area contributed by atoms with E-state index in [4.69, 9.17) is 9.40 Å². The molecule has 0 amide bonds. The second-order valence-corrected chi connectivity index (χ2v) is 10.6. The number of rotatable bonds is 6. The Morgan fingerprint density at radius 1 is 1.32 bits per heavy atom. The van der Waals surface area contributed by atoms with Crippen molar-refractivity contribution in [3.05, 3.63) is 33.7 Å². The minimum Gasteiger partial charge on any atom is -0.440 e. The number of hydrogen-bond donors (Lipinski definition) is 1. The predicted molar refractivity (Wildman–Crippen MR) is 124 cm³/mol. The molecular formula is C22H28N6OS2. The van der Waals surface area contributed by atoms with Gasteiger partial charge in [-0.05, 0) is 57.4 Å². The third kappa shape index (κ3) is 4.23.